The lowest BCUT2D eigenvalue weighted by atomic mass is 10.3. The van der Waals surface area contributed by atoms with Gasteiger partial charge in [0.15, 0.2) is 11.5 Å². The molecule has 1 atom stereocenters. The highest BCUT2D eigenvalue weighted by atomic mass is 32.1. The standard InChI is InChI=1S/C7H9NO2S/c8-1-5-2-9-6-3-11-4-7(6)10-5/h3-5H,1-2,8H2/t5-/m1/s1. The molecule has 0 bridgehead atoms. The SMILES string of the molecule is NC[C@@H]1COc2cscc2O1. The van der Waals surface area contributed by atoms with E-state index in [9.17, 15) is 0 Å². The zero-order valence-corrected chi connectivity index (χ0v) is 6.76. The van der Waals surface area contributed by atoms with Gasteiger partial charge in [0.2, 0.25) is 0 Å². The Morgan fingerprint density at radius 2 is 2.36 bits per heavy atom. The summed E-state index contributed by atoms with van der Waals surface area (Å²) in [4.78, 5) is 0. The zero-order chi connectivity index (χ0) is 7.68. The van der Waals surface area contributed by atoms with Crippen LogP contribution in [0.2, 0.25) is 0 Å². The van der Waals surface area contributed by atoms with E-state index in [0.717, 1.165) is 11.5 Å². The quantitative estimate of drug-likeness (QED) is 0.681. The van der Waals surface area contributed by atoms with Crippen molar-refractivity contribution in [3.05, 3.63) is 10.8 Å². The minimum Gasteiger partial charge on any atom is -0.485 e. The summed E-state index contributed by atoms with van der Waals surface area (Å²) in [5.41, 5.74) is 5.43. The fraction of sp³-hybridized carbons (Fsp3) is 0.429. The highest BCUT2D eigenvalue weighted by Crippen LogP contribution is 2.34. The Balaban J connectivity index is 2.18. The predicted molar refractivity (Wildman–Crippen MR) is 43.3 cm³/mol. The number of hydrogen-bond acceptors (Lipinski definition) is 4. The maximum absolute atomic E-state index is 5.48. The van der Waals surface area contributed by atoms with Gasteiger partial charge in [-0.1, -0.05) is 0 Å². The van der Waals surface area contributed by atoms with Crippen molar-refractivity contribution in [1.29, 1.82) is 0 Å². The molecule has 0 radical (unpaired) electrons. The lowest BCUT2D eigenvalue weighted by molar-refractivity contribution is 0.0983. The Labute approximate surface area is 68.7 Å². The van der Waals surface area contributed by atoms with Crippen LogP contribution in [0.5, 0.6) is 11.5 Å². The summed E-state index contributed by atoms with van der Waals surface area (Å²) in [6, 6.07) is 0. The zero-order valence-electron chi connectivity index (χ0n) is 5.95. The van der Waals surface area contributed by atoms with E-state index in [1.54, 1.807) is 11.3 Å². The monoisotopic (exact) mass is 171 g/mol. The molecule has 0 aromatic carbocycles. The molecule has 1 aliphatic heterocycles. The molecule has 0 fully saturated rings. The fourth-order valence-corrected chi connectivity index (χ4v) is 1.65. The van der Waals surface area contributed by atoms with E-state index in [-0.39, 0.29) is 6.10 Å². The van der Waals surface area contributed by atoms with Gasteiger partial charge >= 0.3 is 0 Å². The fourth-order valence-electron chi connectivity index (χ4n) is 0.977. The molecule has 0 amide bonds. The topological polar surface area (TPSA) is 44.5 Å². The van der Waals surface area contributed by atoms with Crippen molar-refractivity contribution in [3.63, 3.8) is 0 Å². The molecule has 2 N–H and O–H groups in total. The lowest BCUT2D eigenvalue weighted by Gasteiger charge is -2.22. The second-order valence-corrected chi connectivity index (χ2v) is 3.13. The van der Waals surface area contributed by atoms with Crippen LogP contribution < -0.4 is 15.2 Å². The first-order chi connectivity index (χ1) is 5.40. The van der Waals surface area contributed by atoms with Crippen LogP contribution in [0.15, 0.2) is 10.8 Å². The van der Waals surface area contributed by atoms with Crippen LogP contribution in [0.4, 0.5) is 0 Å². The summed E-state index contributed by atoms with van der Waals surface area (Å²) >= 11 is 1.58. The largest absolute Gasteiger partial charge is 0.485 e. The van der Waals surface area contributed by atoms with Gasteiger partial charge in [0.05, 0.1) is 0 Å². The smallest absolute Gasteiger partial charge is 0.172 e. The van der Waals surface area contributed by atoms with Crippen molar-refractivity contribution < 1.29 is 9.47 Å². The molecular formula is C7H9NO2S. The van der Waals surface area contributed by atoms with Crippen molar-refractivity contribution in [2.75, 3.05) is 13.2 Å². The molecule has 2 heterocycles. The summed E-state index contributed by atoms with van der Waals surface area (Å²) in [6.07, 6.45) is 0.0251. The van der Waals surface area contributed by atoms with Gasteiger partial charge in [0.25, 0.3) is 0 Å². The summed E-state index contributed by atoms with van der Waals surface area (Å²) in [5, 5.41) is 3.86. The molecule has 60 valence electrons. The number of ether oxygens (including phenoxy) is 2. The van der Waals surface area contributed by atoms with Gasteiger partial charge in [-0.05, 0) is 0 Å². The molecule has 11 heavy (non-hydrogen) atoms. The summed E-state index contributed by atoms with van der Waals surface area (Å²) in [5.74, 6) is 1.68. The van der Waals surface area contributed by atoms with Crippen molar-refractivity contribution in [2.24, 2.45) is 5.73 Å². The Hall–Kier alpha value is -0.740. The first-order valence-corrected chi connectivity index (χ1v) is 4.40. The normalized spacial score (nSPS) is 21.7. The summed E-state index contributed by atoms with van der Waals surface area (Å²) in [7, 11) is 0. The molecule has 1 aromatic rings. The molecule has 3 nitrogen and oxygen atoms in total. The molecule has 0 saturated carbocycles. The highest BCUT2D eigenvalue weighted by molar-refractivity contribution is 7.08. The molecule has 0 saturated heterocycles. The minimum atomic E-state index is 0.0251. The molecule has 1 aliphatic rings. The second kappa shape index (κ2) is 2.71. The first kappa shape index (κ1) is 6.94. The average molecular weight is 171 g/mol. The van der Waals surface area contributed by atoms with E-state index < -0.39 is 0 Å². The average Bonchev–Trinajstić information content (AvgIpc) is 2.50. The van der Waals surface area contributed by atoms with Gasteiger partial charge in [-0.3, -0.25) is 0 Å². The first-order valence-electron chi connectivity index (χ1n) is 3.46. The number of rotatable bonds is 1. The maximum atomic E-state index is 5.48. The van der Waals surface area contributed by atoms with Gasteiger partial charge in [-0.2, -0.15) is 0 Å². The number of thiophene rings is 1. The molecule has 0 unspecified atom stereocenters. The van der Waals surface area contributed by atoms with E-state index in [1.165, 1.54) is 0 Å². The Morgan fingerprint density at radius 3 is 3.18 bits per heavy atom. The van der Waals surface area contributed by atoms with Crippen LogP contribution in [0.3, 0.4) is 0 Å². The van der Waals surface area contributed by atoms with Gasteiger partial charge in [-0.25, -0.2) is 0 Å². The highest BCUT2D eigenvalue weighted by Gasteiger charge is 2.19. The third-order valence-corrected chi connectivity index (χ3v) is 2.27. The molecule has 1 aromatic heterocycles. The third-order valence-electron chi connectivity index (χ3n) is 1.57. The van der Waals surface area contributed by atoms with E-state index in [1.807, 2.05) is 10.8 Å². The Kier molecular flexibility index (Phi) is 1.71. The number of fused-ring (bicyclic) bond motifs is 1. The second-order valence-electron chi connectivity index (χ2n) is 2.39. The van der Waals surface area contributed by atoms with Crippen molar-refractivity contribution in [1.82, 2.24) is 0 Å². The summed E-state index contributed by atoms with van der Waals surface area (Å²) in [6.45, 7) is 1.08. The van der Waals surface area contributed by atoms with Crippen molar-refractivity contribution >= 4 is 11.3 Å². The van der Waals surface area contributed by atoms with E-state index in [0.29, 0.717) is 13.2 Å². The minimum absolute atomic E-state index is 0.0251. The van der Waals surface area contributed by atoms with Crippen molar-refractivity contribution in [2.45, 2.75) is 6.10 Å². The van der Waals surface area contributed by atoms with Crippen LogP contribution in [-0.4, -0.2) is 19.3 Å². The molecule has 0 aliphatic carbocycles. The Morgan fingerprint density at radius 1 is 1.55 bits per heavy atom. The molecule has 0 spiro atoms. The van der Waals surface area contributed by atoms with Gasteiger partial charge in [0.1, 0.15) is 12.7 Å². The van der Waals surface area contributed by atoms with Crippen LogP contribution in [0.25, 0.3) is 0 Å². The van der Waals surface area contributed by atoms with Crippen LogP contribution >= 0.6 is 11.3 Å². The van der Waals surface area contributed by atoms with Crippen LogP contribution in [0.1, 0.15) is 0 Å². The molecular weight excluding hydrogens is 162 g/mol. The molecule has 4 heteroatoms. The predicted octanol–water partition coefficient (Wildman–Crippen LogP) is 0.847. The van der Waals surface area contributed by atoms with E-state index >= 15 is 0 Å². The third kappa shape index (κ3) is 1.19. The lowest BCUT2D eigenvalue weighted by Crippen LogP contribution is -2.35. The van der Waals surface area contributed by atoms with E-state index in [2.05, 4.69) is 0 Å². The number of hydrogen-bond donors (Lipinski definition) is 1. The number of nitrogens with two attached hydrogens (primary N) is 1. The van der Waals surface area contributed by atoms with Crippen LogP contribution in [0, 0.1) is 0 Å². The van der Waals surface area contributed by atoms with Gasteiger partial charge < -0.3 is 15.2 Å². The molecule has 2 rings (SSSR count). The van der Waals surface area contributed by atoms with Crippen LogP contribution in [-0.2, 0) is 0 Å². The maximum Gasteiger partial charge on any atom is 0.172 e. The van der Waals surface area contributed by atoms with E-state index in [4.69, 9.17) is 15.2 Å². The Bertz CT molecular complexity index is 248. The van der Waals surface area contributed by atoms with Gasteiger partial charge in [0, 0.05) is 17.3 Å². The summed E-state index contributed by atoms with van der Waals surface area (Å²) < 4.78 is 10.9. The van der Waals surface area contributed by atoms with Crippen molar-refractivity contribution in [3.8, 4) is 11.5 Å². The van der Waals surface area contributed by atoms with Gasteiger partial charge in [-0.15, -0.1) is 11.3 Å².